The first-order valence-electron chi connectivity index (χ1n) is 3.86. The fraction of sp³-hybridized carbons (Fsp3) is 0. The van der Waals surface area contributed by atoms with Crippen LogP contribution in [0.5, 0.6) is 0 Å². The van der Waals surface area contributed by atoms with E-state index in [-0.39, 0.29) is 11.0 Å². The molecule has 0 unspecified atom stereocenters. The zero-order valence-corrected chi connectivity index (χ0v) is 7.27. The first-order valence-corrected chi connectivity index (χ1v) is 3.86. The molecule has 2 aromatic rings. The molecule has 4 nitrogen and oxygen atoms in total. The third-order valence-corrected chi connectivity index (χ3v) is 1.86. The topological polar surface area (TPSA) is 81.7 Å². The molecule has 0 aliphatic heterocycles. The Morgan fingerprint density at radius 1 is 1.21 bits per heavy atom. The second-order valence-electron chi connectivity index (χ2n) is 2.69. The monoisotopic (exact) mass is 191 g/mol. The van der Waals surface area contributed by atoms with Crippen LogP contribution in [0.1, 0.15) is 10.4 Å². The molecule has 0 aliphatic rings. The van der Waals surface area contributed by atoms with E-state index in [4.69, 9.17) is 5.11 Å². The van der Waals surface area contributed by atoms with E-state index < -0.39 is 5.97 Å². The molecule has 1 aromatic carbocycles. The maximum absolute atomic E-state index is 10.8. The standard InChI is InChI=1S/C10H7NO2.H2O/c12-10(13)8-5-1-3-7-4-2-6-11-9(7)8;/h1-6H,(H,12,13);1H2. The highest BCUT2D eigenvalue weighted by Gasteiger charge is 2.07. The number of aromatic carboxylic acids is 1. The lowest BCUT2D eigenvalue weighted by molar-refractivity contribution is 0.0699. The summed E-state index contributed by atoms with van der Waals surface area (Å²) in [5.74, 6) is -0.940. The summed E-state index contributed by atoms with van der Waals surface area (Å²) in [6.45, 7) is 0. The van der Waals surface area contributed by atoms with Crippen LogP contribution < -0.4 is 0 Å². The van der Waals surface area contributed by atoms with Crippen molar-refractivity contribution in [2.75, 3.05) is 0 Å². The summed E-state index contributed by atoms with van der Waals surface area (Å²) in [7, 11) is 0. The van der Waals surface area contributed by atoms with Gasteiger partial charge in [-0.15, -0.1) is 0 Å². The van der Waals surface area contributed by atoms with Crippen molar-refractivity contribution in [2.24, 2.45) is 0 Å². The highest BCUT2D eigenvalue weighted by atomic mass is 16.4. The van der Waals surface area contributed by atoms with E-state index >= 15 is 0 Å². The molecule has 0 spiro atoms. The lowest BCUT2D eigenvalue weighted by atomic mass is 10.1. The lowest BCUT2D eigenvalue weighted by Crippen LogP contribution is -1.97. The fourth-order valence-electron chi connectivity index (χ4n) is 1.28. The van der Waals surface area contributed by atoms with E-state index in [1.165, 1.54) is 0 Å². The summed E-state index contributed by atoms with van der Waals surface area (Å²) in [5, 5.41) is 9.69. The van der Waals surface area contributed by atoms with Crippen molar-refractivity contribution in [3.8, 4) is 0 Å². The van der Waals surface area contributed by atoms with Gasteiger partial charge in [0.1, 0.15) is 0 Å². The highest BCUT2D eigenvalue weighted by Crippen LogP contribution is 2.15. The number of para-hydroxylation sites is 1. The number of nitrogens with zero attached hydrogens (tertiary/aromatic N) is 1. The number of pyridine rings is 1. The number of rotatable bonds is 1. The lowest BCUT2D eigenvalue weighted by Gasteiger charge is -1.99. The van der Waals surface area contributed by atoms with Crippen LogP contribution in [0, 0.1) is 0 Å². The van der Waals surface area contributed by atoms with Crippen LogP contribution in [-0.4, -0.2) is 21.5 Å². The molecule has 72 valence electrons. The summed E-state index contributed by atoms with van der Waals surface area (Å²) in [5.41, 5.74) is 0.788. The Labute approximate surface area is 80.1 Å². The van der Waals surface area contributed by atoms with Gasteiger partial charge in [0.15, 0.2) is 0 Å². The minimum absolute atomic E-state index is 0. The highest BCUT2D eigenvalue weighted by molar-refractivity contribution is 6.01. The quantitative estimate of drug-likeness (QED) is 0.732. The van der Waals surface area contributed by atoms with E-state index in [0.29, 0.717) is 5.52 Å². The van der Waals surface area contributed by atoms with Gasteiger partial charge in [0.05, 0.1) is 11.1 Å². The molecule has 4 heteroatoms. The average molecular weight is 191 g/mol. The molecule has 1 heterocycles. The molecule has 0 saturated carbocycles. The minimum Gasteiger partial charge on any atom is -0.478 e. The molecule has 3 N–H and O–H groups in total. The Kier molecular flexibility index (Phi) is 2.79. The Hall–Kier alpha value is -1.94. The largest absolute Gasteiger partial charge is 0.478 e. The van der Waals surface area contributed by atoms with Crippen molar-refractivity contribution in [1.29, 1.82) is 0 Å². The molecule has 0 radical (unpaired) electrons. The SMILES string of the molecule is O.O=C(O)c1cccc2cccnc12. The Morgan fingerprint density at radius 3 is 2.64 bits per heavy atom. The van der Waals surface area contributed by atoms with Crippen LogP contribution in [0.15, 0.2) is 36.5 Å². The normalized spacial score (nSPS) is 9.43. The maximum atomic E-state index is 10.8. The number of carbonyl (C=O) groups is 1. The van der Waals surface area contributed by atoms with Crippen LogP contribution in [0.2, 0.25) is 0 Å². The molecule has 0 bridgehead atoms. The van der Waals surface area contributed by atoms with E-state index in [0.717, 1.165) is 5.39 Å². The zero-order valence-electron chi connectivity index (χ0n) is 7.27. The number of aromatic nitrogens is 1. The van der Waals surface area contributed by atoms with E-state index in [1.807, 2.05) is 12.1 Å². The summed E-state index contributed by atoms with van der Waals surface area (Å²) in [6, 6.07) is 8.74. The Balaban J connectivity index is 0.000000980. The minimum atomic E-state index is -0.940. The third kappa shape index (κ3) is 1.55. The number of fused-ring (bicyclic) bond motifs is 1. The Bertz CT molecular complexity index is 462. The van der Waals surface area contributed by atoms with Gasteiger partial charge >= 0.3 is 5.97 Å². The summed E-state index contributed by atoms with van der Waals surface area (Å²) < 4.78 is 0. The van der Waals surface area contributed by atoms with Gasteiger partial charge in [0.25, 0.3) is 0 Å². The molecular weight excluding hydrogens is 182 g/mol. The molecule has 0 saturated heterocycles. The molecule has 14 heavy (non-hydrogen) atoms. The van der Waals surface area contributed by atoms with Gasteiger partial charge in [-0.3, -0.25) is 4.98 Å². The first kappa shape index (κ1) is 10.1. The predicted molar refractivity (Wildman–Crippen MR) is 52.3 cm³/mol. The van der Waals surface area contributed by atoms with Crippen molar-refractivity contribution in [3.05, 3.63) is 42.1 Å². The van der Waals surface area contributed by atoms with E-state index in [2.05, 4.69) is 4.98 Å². The van der Waals surface area contributed by atoms with Gasteiger partial charge in [-0.25, -0.2) is 4.79 Å². The van der Waals surface area contributed by atoms with Crippen LogP contribution >= 0.6 is 0 Å². The van der Waals surface area contributed by atoms with Crippen LogP contribution in [-0.2, 0) is 0 Å². The van der Waals surface area contributed by atoms with Crippen LogP contribution in [0.4, 0.5) is 0 Å². The van der Waals surface area contributed by atoms with Gasteiger partial charge in [-0.05, 0) is 12.1 Å². The van der Waals surface area contributed by atoms with Crippen molar-refractivity contribution in [3.63, 3.8) is 0 Å². The maximum Gasteiger partial charge on any atom is 0.337 e. The zero-order chi connectivity index (χ0) is 9.26. The number of benzene rings is 1. The molecular formula is C10H9NO3. The second kappa shape index (κ2) is 3.85. The summed E-state index contributed by atoms with van der Waals surface area (Å²) in [4.78, 5) is 14.8. The predicted octanol–water partition coefficient (Wildman–Crippen LogP) is 1.11. The van der Waals surface area contributed by atoms with Crippen molar-refractivity contribution in [2.45, 2.75) is 0 Å². The number of carboxylic acid groups (broad SMARTS) is 1. The molecule has 0 aliphatic carbocycles. The number of hydrogen-bond acceptors (Lipinski definition) is 2. The summed E-state index contributed by atoms with van der Waals surface area (Å²) >= 11 is 0. The van der Waals surface area contributed by atoms with Gasteiger partial charge in [-0.2, -0.15) is 0 Å². The summed E-state index contributed by atoms with van der Waals surface area (Å²) in [6.07, 6.45) is 1.59. The van der Waals surface area contributed by atoms with Gasteiger partial charge in [0.2, 0.25) is 0 Å². The number of hydrogen-bond donors (Lipinski definition) is 1. The van der Waals surface area contributed by atoms with E-state index in [9.17, 15) is 4.79 Å². The first-order chi connectivity index (χ1) is 6.29. The Morgan fingerprint density at radius 2 is 1.93 bits per heavy atom. The molecule has 0 atom stereocenters. The van der Waals surface area contributed by atoms with Crippen LogP contribution in [0.3, 0.4) is 0 Å². The van der Waals surface area contributed by atoms with Gasteiger partial charge in [0, 0.05) is 11.6 Å². The van der Waals surface area contributed by atoms with Crippen LogP contribution in [0.25, 0.3) is 10.9 Å². The molecule has 1 aromatic heterocycles. The molecule has 0 amide bonds. The van der Waals surface area contributed by atoms with Crippen molar-refractivity contribution in [1.82, 2.24) is 4.98 Å². The van der Waals surface area contributed by atoms with Gasteiger partial charge in [-0.1, -0.05) is 18.2 Å². The average Bonchev–Trinajstić information content (AvgIpc) is 2.17. The fourth-order valence-corrected chi connectivity index (χ4v) is 1.28. The van der Waals surface area contributed by atoms with Gasteiger partial charge < -0.3 is 10.6 Å². The van der Waals surface area contributed by atoms with E-state index in [1.54, 1.807) is 24.4 Å². The molecule has 2 rings (SSSR count). The second-order valence-corrected chi connectivity index (χ2v) is 2.69. The molecule has 0 fully saturated rings. The van der Waals surface area contributed by atoms with Crippen molar-refractivity contribution < 1.29 is 15.4 Å². The third-order valence-electron chi connectivity index (χ3n) is 1.86. The smallest absolute Gasteiger partial charge is 0.337 e. The van der Waals surface area contributed by atoms with Crippen molar-refractivity contribution >= 4 is 16.9 Å². The number of carboxylic acids is 1.